The molecule has 0 fully saturated rings. The molecule has 2 rings (SSSR count). The van der Waals surface area contributed by atoms with Gasteiger partial charge in [0.1, 0.15) is 5.75 Å². The fourth-order valence-corrected chi connectivity index (χ4v) is 2.40. The third kappa shape index (κ3) is 2.37. The summed E-state index contributed by atoms with van der Waals surface area (Å²) in [5.41, 5.74) is 2.31. The number of ketones is 1. The highest BCUT2D eigenvalue weighted by Gasteiger charge is 2.22. The Morgan fingerprint density at radius 1 is 1.39 bits per heavy atom. The number of phenols is 1. The molecule has 1 aromatic carbocycles. The summed E-state index contributed by atoms with van der Waals surface area (Å²) in [5, 5.41) is 9.87. The van der Waals surface area contributed by atoms with Crippen LogP contribution in [-0.2, 0) is 22.4 Å². The van der Waals surface area contributed by atoms with E-state index < -0.39 is 0 Å². The number of hydrogen-bond acceptors (Lipinski definition) is 4. The number of carbonyl (C=O) groups is 2. The predicted molar refractivity (Wildman–Crippen MR) is 65.7 cm³/mol. The van der Waals surface area contributed by atoms with Crippen molar-refractivity contribution in [3.05, 3.63) is 28.8 Å². The van der Waals surface area contributed by atoms with Crippen molar-refractivity contribution in [2.75, 3.05) is 7.11 Å². The van der Waals surface area contributed by atoms with Gasteiger partial charge >= 0.3 is 5.97 Å². The molecule has 96 valence electrons. The highest BCUT2D eigenvalue weighted by Crippen LogP contribution is 2.31. The summed E-state index contributed by atoms with van der Waals surface area (Å²) in [6, 6.07) is 3.21. The van der Waals surface area contributed by atoms with Crippen LogP contribution in [0.4, 0.5) is 0 Å². The number of methoxy groups -OCH3 is 1. The minimum atomic E-state index is -0.311. The first-order chi connectivity index (χ1) is 8.63. The van der Waals surface area contributed by atoms with Crippen LogP contribution >= 0.6 is 0 Å². The van der Waals surface area contributed by atoms with Crippen LogP contribution < -0.4 is 0 Å². The molecule has 1 aliphatic rings. The number of aromatic hydroxyl groups is 1. The summed E-state index contributed by atoms with van der Waals surface area (Å²) >= 11 is 0. The van der Waals surface area contributed by atoms with E-state index in [2.05, 4.69) is 4.74 Å². The molecule has 18 heavy (non-hydrogen) atoms. The monoisotopic (exact) mass is 248 g/mol. The van der Waals surface area contributed by atoms with Crippen molar-refractivity contribution in [1.29, 1.82) is 0 Å². The average molecular weight is 248 g/mol. The van der Waals surface area contributed by atoms with E-state index in [1.165, 1.54) is 13.2 Å². The normalized spacial score (nSPS) is 14.2. The number of ether oxygens (including phenoxy) is 1. The van der Waals surface area contributed by atoms with E-state index in [-0.39, 0.29) is 23.9 Å². The second-order valence-electron chi connectivity index (χ2n) is 4.44. The molecule has 0 saturated heterocycles. The van der Waals surface area contributed by atoms with Gasteiger partial charge < -0.3 is 9.84 Å². The summed E-state index contributed by atoms with van der Waals surface area (Å²) in [6.45, 7) is 0. The van der Waals surface area contributed by atoms with Gasteiger partial charge in [0.25, 0.3) is 0 Å². The lowest BCUT2D eigenvalue weighted by Gasteiger charge is -2.19. The highest BCUT2D eigenvalue weighted by atomic mass is 16.5. The largest absolute Gasteiger partial charge is 0.508 e. The average Bonchev–Trinajstić information content (AvgIpc) is 2.37. The van der Waals surface area contributed by atoms with Crippen LogP contribution in [0.25, 0.3) is 0 Å². The lowest BCUT2D eigenvalue weighted by atomic mass is 9.85. The molecule has 0 heterocycles. The summed E-state index contributed by atoms with van der Waals surface area (Å²) in [7, 11) is 1.34. The third-order valence-corrected chi connectivity index (χ3v) is 3.34. The van der Waals surface area contributed by atoms with Crippen molar-refractivity contribution in [2.45, 2.75) is 32.1 Å². The van der Waals surface area contributed by atoms with Crippen LogP contribution in [-0.4, -0.2) is 24.0 Å². The van der Waals surface area contributed by atoms with Gasteiger partial charge in [0, 0.05) is 18.4 Å². The Morgan fingerprint density at radius 2 is 2.17 bits per heavy atom. The SMILES string of the molecule is COC(=O)CCc1c(O)ccc2c1CCCC2=O. The van der Waals surface area contributed by atoms with Crippen LogP contribution in [0.5, 0.6) is 5.75 Å². The van der Waals surface area contributed by atoms with Crippen molar-refractivity contribution in [3.63, 3.8) is 0 Å². The van der Waals surface area contributed by atoms with Gasteiger partial charge in [-0.15, -0.1) is 0 Å². The maximum atomic E-state index is 11.8. The molecule has 4 heteroatoms. The van der Waals surface area contributed by atoms with Gasteiger partial charge in [-0.1, -0.05) is 0 Å². The van der Waals surface area contributed by atoms with Gasteiger partial charge in [-0.3, -0.25) is 9.59 Å². The van der Waals surface area contributed by atoms with Crippen molar-refractivity contribution < 1.29 is 19.4 Å². The minimum absolute atomic E-state index is 0.121. The molecular weight excluding hydrogens is 232 g/mol. The van der Waals surface area contributed by atoms with E-state index in [0.29, 0.717) is 24.0 Å². The molecule has 0 saturated carbocycles. The van der Waals surface area contributed by atoms with Gasteiger partial charge in [0.05, 0.1) is 7.11 Å². The van der Waals surface area contributed by atoms with E-state index in [4.69, 9.17) is 0 Å². The topological polar surface area (TPSA) is 63.6 Å². The number of fused-ring (bicyclic) bond motifs is 1. The van der Waals surface area contributed by atoms with Crippen molar-refractivity contribution >= 4 is 11.8 Å². The standard InChI is InChI=1S/C14H16O4/c1-18-14(17)8-6-11-9-3-2-4-12(15)10(9)5-7-13(11)16/h5,7,16H,2-4,6,8H2,1H3. The van der Waals surface area contributed by atoms with E-state index in [1.54, 1.807) is 6.07 Å². The second-order valence-corrected chi connectivity index (χ2v) is 4.44. The molecule has 0 aromatic heterocycles. The van der Waals surface area contributed by atoms with Crippen LogP contribution in [0.1, 0.15) is 40.7 Å². The fourth-order valence-electron chi connectivity index (χ4n) is 2.40. The molecule has 0 atom stereocenters. The molecule has 0 bridgehead atoms. The van der Waals surface area contributed by atoms with E-state index in [9.17, 15) is 14.7 Å². The van der Waals surface area contributed by atoms with Gasteiger partial charge in [0.15, 0.2) is 5.78 Å². The lowest BCUT2D eigenvalue weighted by Crippen LogP contribution is -2.14. The molecule has 1 aromatic rings. The van der Waals surface area contributed by atoms with Gasteiger partial charge in [-0.2, -0.15) is 0 Å². The van der Waals surface area contributed by atoms with Crippen LogP contribution in [0.3, 0.4) is 0 Å². The maximum Gasteiger partial charge on any atom is 0.305 e. The number of Topliss-reactive ketones (excluding diaryl/α,β-unsaturated/α-hetero) is 1. The zero-order chi connectivity index (χ0) is 13.1. The quantitative estimate of drug-likeness (QED) is 0.831. The minimum Gasteiger partial charge on any atom is -0.508 e. The number of phenolic OH excluding ortho intramolecular Hbond substituents is 1. The number of esters is 1. The summed E-state index contributed by atoms with van der Waals surface area (Å²) < 4.78 is 4.59. The summed E-state index contributed by atoms with van der Waals surface area (Å²) in [6.07, 6.45) is 2.78. The van der Waals surface area contributed by atoms with Crippen LogP contribution in [0.2, 0.25) is 0 Å². The summed E-state index contributed by atoms with van der Waals surface area (Å²) in [4.78, 5) is 22.9. The van der Waals surface area contributed by atoms with Crippen molar-refractivity contribution in [2.24, 2.45) is 0 Å². The van der Waals surface area contributed by atoms with Gasteiger partial charge in [-0.05, 0) is 42.5 Å². The van der Waals surface area contributed by atoms with Crippen molar-refractivity contribution in [3.8, 4) is 5.75 Å². The third-order valence-electron chi connectivity index (χ3n) is 3.34. The highest BCUT2D eigenvalue weighted by molar-refractivity contribution is 5.99. The number of benzene rings is 1. The number of carbonyl (C=O) groups excluding carboxylic acids is 2. The Morgan fingerprint density at radius 3 is 2.89 bits per heavy atom. The second kappa shape index (κ2) is 5.21. The Bertz CT molecular complexity index is 491. The molecule has 0 amide bonds. The lowest BCUT2D eigenvalue weighted by molar-refractivity contribution is -0.140. The van der Waals surface area contributed by atoms with Crippen molar-refractivity contribution in [1.82, 2.24) is 0 Å². The first-order valence-corrected chi connectivity index (χ1v) is 6.07. The molecular formula is C14H16O4. The number of rotatable bonds is 3. The van der Waals surface area contributed by atoms with Crippen LogP contribution in [0, 0.1) is 0 Å². The number of hydrogen-bond donors (Lipinski definition) is 1. The zero-order valence-electron chi connectivity index (χ0n) is 10.4. The molecule has 0 unspecified atom stereocenters. The Balaban J connectivity index is 2.31. The van der Waals surface area contributed by atoms with Gasteiger partial charge in [0.2, 0.25) is 0 Å². The van der Waals surface area contributed by atoms with E-state index in [0.717, 1.165) is 18.4 Å². The molecule has 0 spiro atoms. The molecule has 0 radical (unpaired) electrons. The summed E-state index contributed by atoms with van der Waals surface area (Å²) in [5.74, 6) is -0.0305. The van der Waals surface area contributed by atoms with E-state index in [1.807, 2.05) is 0 Å². The first-order valence-electron chi connectivity index (χ1n) is 6.07. The Hall–Kier alpha value is -1.84. The molecule has 0 aliphatic heterocycles. The zero-order valence-corrected chi connectivity index (χ0v) is 10.4. The molecule has 1 N–H and O–H groups in total. The van der Waals surface area contributed by atoms with E-state index >= 15 is 0 Å². The molecule has 4 nitrogen and oxygen atoms in total. The Kier molecular flexibility index (Phi) is 3.65. The Labute approximate surface area is 106 Å². The first kappa shape index (κ1) is 12.6. The van der Waals surface area contributed by atoms with Crippen LogP contribution in [0.15, 0.2) is 12.1 Å². The van der Waals surface area contributed by atoms with Gasteiger partial charge in [-0.25, -0.2) is 0 Å². The smallest absolute Gasteiger partial charge is 0.305 e. The fraction of sp³-hybridized carbons (Fsp3) is 0.429. The molecule has 1 aliphatic carbocycles. The predicted octanol–water partition coefficient (Wildman–Crippen LogP) is 2.02. The maximum absolute atomic E-state index is 11.8.